The third-order valence-corrected chi connectivity index (χ3v) is 6.06. The van der Waals surface area contributed by atoms with Gasteiger partial charge < -0.3 is 10.2 Å². The molecular weight excluding hydrogens is 388 g/mol. The molecule has 3 aromatic rings. The highest BCUT2D eigenvalue weighted by Gasteiger charge is 2.33. The molecule has 0 spiro atoms. The van der Waals surface area contributed by atoms with Gasteiger partial charge in [-0.25, -0.2) is 4.68 Å². The summed E-state index contributed by atoms with van der Waals surface area (Å²) in [4.78, 5) is 28.1. The zero-order chi connectivity index (χ0) is 21.2. The van der Waals surface area contributed by atoms with Crippen LogP contribution in [-0.4, -0.2) is 39.6 Å². The topological polar surface area (TPSA) is 67.2 Å². The van der Waals surface area contributed by atoms with Gasteiger partial charge in [0.05, 0.1) is 17.3 Å². The maximum Gasteiger partial charge on any atom is 0.272 e. The molecule has 1 atom stereocenters. The Kier molecular flexibility index (Phi) is 5.28. The highest BCUT2D eigenvalue weighted by molar-refractivity contribution is 5.96. The third-order valence-electron chi connectivity index (χ3n) is 6.06. The predicted molar refractivity (Wildman–Crippen MR) is 119 cm³/mol. The Labute approximate surface area is 181 Å². The number of nitrogens with zero attached hydrogens (tertiary/aromatic N) is 3. The predicted octanol–water partition coefficient (Wildman–Crippen LogP) is 4.24. The van der Waals surface area contributed by atoms with Crippen LogP contribution in [0.3, 0.4) is 0 Å². The second-order valence-corrected chi connectivity index (χ2v) is 8.42. The molecule has 6 nitrogen and oxygen atoms in total. The maximum absolute atomic E-state index is 13.5. The lowest BCUT2D eigenvalue weighted by Crippen LogP contribution is -2.44. The van der Waals surface area contributed by atoms with Crippen LogP contribution in [0, 0.1) is 5.92 Å². The lowest BCUT2D eigenvalue weighted by Gasteiger charge is -2.32. The van der Waals surface area contributed by atoms with E-state index in [1.807, 2.05) is 71.6 Å². The number of hydrogen-bond donors (Lipinski definition) is 1. The van der Waals surface area contributed by atoms with Crippen molar-refractivity contribution < 1.29 is 9.59 Å². The fourth-order valence-corrected chi connectivity index (χ4v) is 4.20. The van der Waals surface area contributed by atoms with Crippen LogP contribution in [0.2, 0.25) is 0 Å². The van der Waals surface area contributed by atoms with E-state index in [-0.39, 0.29) is 17.7 Å². The summed E-state index contributed by atoms with van der Waals surface area (Å²) in [5.41, 5.74) is 3.24. The van der Waals surface area contributed by atoms with Crippen molar-refractivity contribution in [2.75, 3.05) is 18.4 Å². The van der Waals surface area contributed by atoms with E-state index >= 15 is 0 Å². The highest BCUT2D eigenvalue weighted by atomic mass is 16.2. The number of amides is 2. The summed E-state index contributed by atoms with van der Waals surface area (Å²) in [6.07, 6.45) is 3.86. The quantitative estimate of drug-likeness (QED) is 0.679. The van der Waals surface area contributed by atoms with E-state index in [1.54, 1.807) is 4.68 Å². The van der Waals surface area contributed by atoms with E-state index < -0.39 is 0 Å². The van der Waals surface area contributed by atoms with Crippen LogP contribution in [0.4, 0.5) is 5.69 Å². The Morgan fingerprint density at radius 3 is 2.35 bits per heavy atom. The summed E-state index contributed by atoms with van der Waals surface area (Å²) < 4.78 is 1.77. The summed E-state index contributed by atoms with van der Waals surface area (Å²) in [5, 5.41) is 7.74. The summed E-state index contributed by atoms with van der Waals surface area (Å²) >= 11 is 0. The number of anilines is 1. The van der Waals surface area contributed by atoms with Gasteiger partial charge in [0.1, 0.15) is 5.69 Å². The molecule has 1 N–H and O–H groups in total. The molecule has 1 aliphatic carbocycles. The number of rotatable bonds is 5. The Morgan fingerprint density at radius 2 is 1.65 bits per heavy atom. The van der Waals surface area contributed by atoms with Gasteiger partial charge in [-0.2, -0.15) is 5.10 Å². The van der Waals surface area contributed by atoms with Gasteiger partial charge in [0, 0.05) is 24.7 Å². The minimum atomic E-state index is -0.214. The average molecular weight is 415 g/mol. The second-order valence-electron chi connectivity index (χ2n) is 8.42. The van der Waals surface area contributed by atoms with E-state index in [9.17, 15) is 9.59 Å². The van der Waals surface area contributed by atoms with Crippen LogP contribution in [-0.2, 0) is 4.79 Å². The largest absolute Gasteiger partial charge is 0.337 e. The number of hydrogen-bond acceptors (Lipinski definition) is 3. The van der Waals surface area contributed by atoms with Crippen molar-refractivity contribution in [1.29, 1.82) is 0 Å². The minimum Gasteiger partial charge on any atom is -0.337 e. The molecule has 1 saturated heterocycles. The van der Waals surface area contributed by atoms with Crippen LogP contribution in [0.15, 0.2) is 66.7 Å². The molecule has 158 valence electrons. The second kappa shape index (κ2) is 8.38. The van der Waals surface area contributed by atoms with Gasteiger partial charge in [-0.3, -0.25) is 9.59 Å². The summed E-state index contributed by atoms with van der Waals surface area (Å²) in [6.45, 7) is 1.09. The lowest BCUT2D eigenvalue weighted by atomic mass is 9.96. The van der Waals surface area contributed by atoms with Crippen molar-refractivity contribution >= 4 is 17.5 Å². The van der Waals surface area contributed by atoms with Crippen LogP contribution in [0.1, 0.15) is 47.8 Å². The SMILES string of the molecule is O=C(Nc1ccccc1)[C@H]1CCCN(C(=O)c2cc(C3CC3)nn2-c2ccccc2)C1. The van der Waals surface area contributed by atoms with E-state index in [2.05, 4.69) is 5.32 Å². The number of carbonyl (C=O) groups excluding carboxylic acids is 2. The minimum absolute atomic E-state index is 0.0288. The lowest BCUT2D eigenvalue weighted by molar-refractivity contribution is -0.121. The number of piperidine rings is 1. The van der Waals surface area contributed by atoms with Crippen LogP contribution >= 0.6 is 0 Å². The van der Waals surface area contributed by atoms with Gasteiger partial charge in [0.25, 0.3) is 5.91 Å². The van der Waals surface area contributed by atoms with Crippen molar-refractivity contribution in [3.63, 3.8) is 0 Å². The molecule has 5 rings (SSSR count). The van der Waals surface area contributed by atoms with Crippen LogP contribution < -0.4 is 5.32 Å². The molecule has 0 bridgehead atoms. The normalized spacial score (nSPS) is 18.6. The molecule has 1 aliphatic heterocycles. The Morgan fingerprint density at radius 1 is 0.935 bits per heavy atom. The first-order chi connectivity index (χ1) is 15.2. The number of nitrogens with one attached hydrogen (secondary N) is 1. The van der Waals surface area contributed by atoms with Crippen LogP contribution in [0.25, 0.3) is 5.69 Å². The molecular formula is C25H26N4O2. The number of likely N-dealkylation sites (tertiary alicyclic amines) is 1. The maximum atomic E-state index is 13.5. The smallest absolute Gasteiger partial charge is 0.272 e. The van der Waals surface area contributed by atoms with Crippen molar-refractivity contribution in [3.8, 4) is 5.69 Å². The van der Waals surface area contributed by atoms with E-state index in [0.29, 0.717) is 24.7 Å². The van der Waals surface area contributed by atoms with Crippen molar-refractivity contribution in [2.45, 2.75) is 31.6 Å². The first-order valence-corrected chi connectivity index (χ1v) is 11.0. The monoisotopic (exact) mass is 414 g/mol. The van der Waals surface area contributed by atoms with Gasteiger partial charge in [-0.15, -0.1) is 0 Å². The Bertz CT molecular complexity index is 1070. The molecule has 2 heterocycles. The Balaban J connectivity index is 1.35. The average Bonchev–Trinajstić information content (AvgIpc) is 3.58. The molecule has 1 aromatic heterocycles. The van der Waals surface area contributed by atoms with Crippen molar-refractivity contribution in [3.05, 3.63) is 78.1 Å². The molecule has 2 aromatic carbocycles. The first-order valence-electron chi connectivity index (χ1n) is 11.0. The number of para-hydroxylation sites is 2. The van der Waals surface area contributed by atoms with Crippen molar-refractivity contribution in [1.82, 2.24) is 14.7 Å². The molecule has 2 fully saturated rings. The van der Waals surface area contributed by atoms with Gasteiger partial charge in [-0.1, -0.05) is 36.4 Å². The first kappa shape index (κ1) is 19.5. The van der Waals surface area contributed by atoms with Gasteiger partial charge >= 0.3 is 0 Å². The standard InChI is InChI=1S/C25H26N4O2/c30-24(26-20-9-3-1-4-10-20)19-8-7-15-28(17-19)25(31)23-16-22(18-13-14-18)27-29(23)21-11-5-2-6-12-21/h1-6,9-12,16,18-19H,7-8,13-15,17H2,(H,26,30)/t19-/m0/s1. The fraction of sp³-hybridized carbons (Fsp3) is 0.320. The molecule has 0 unspecified atom stereocenters. The number of aromatic nitrogens is 2. The van der Waals surface area contributed by atoms with E-state index in [0.717, 1.165) is 42.8 Å². The third kappa shape index (κ3) is 4.24. The Hall–Kier alpha value is -3.41. The zero-order valence-corrected chi connectivity index (χ0v) is 17.4. The highest BCUT2D eigenvalue weighted by Crippen LogP contribution is 2.40. The summed E-state index contributed by atoms with van der Waals surface area (Å²) in [5.74, 6) is 0.163. The van der Waals surface area contributed by atoms with Gasteiger partial charge in [-0.05, 0) is 56.0 Å². The van der Waals surface area contributed by atoms with Crippen molar-refractivity contribution in [2.24, 2.45) is 5.92 Å². The molecule has 0 radical (unpaired) electrons. The summed E-state index contributed by atoms with van der Waals surface area (Å²) in [6, 6.07) is 21.2. The molecule has 2 aliphatic rings. The zero-order valence-electron chi connectivity index (χ0n) is 17.4. The molecule has 31 heavy (non-hydrogen) atoms. The number of carbonyl (C=O) groups is 2. The summed E-state index contributed by atoms with van der Waals surface area (Å²) in [7, 11) is 0. The molecule has 1 saturated carbocycles. The molecule has 6 heteroatoms. The van der Waals surface area contributed by atoms with Crippen LogP contribution in [0.5, 0.6) is 0 Å². The van der Waals surface area contributed by atoms with Gasteiger partial charge in [0.2, 0.25) is 5.91 Å². The number of benzene rings is 2. The van der Waals surface area contributed by atoms with E-state index in [4.69, 9.17) is 5.10 Å². The fourth-order valence-electron chi connectivity index (χ4n) is 4.20. The van der Waals surface area contributed by atoms with E-state index in [1.165, 1.54) is 0 Å². The molecule has 2 amide bonds. The van der Waals surface area contributed by atoms with Gasteiger partial charge in [0.15, 0.2) is 0 Å².